The quantitative estimate of drug-likeness (QED) is 0.817. The van der Waals surface area contributed by atoms with Crippen molar-refractivity contribution in [2.45, 2.75) is 13.3 Å². The highest BCUT2D eigenvalue weighted by Crippen LogP contribution is 2.15. The minimum Gasteiger partial charge on any atom is -0.304 e. The average Bonchev–Trinajstić information content (AvgIpc) is 2.61. The van der Waals surface area contributed by atoms with E-state index in [-0.39, 0.29) is 5.69 Å². The molecule has 0 saturated heterocycles. The first-order valence-electron chi connectivity index (χ1n) is 5.80. The molecule has 0 bridgehead atoms. The third-order valence-electron chi connectivity index (χ3n) is 2.95. The maximum atomic E-state index is 12.1. The van der Waals surface area contributed by atoms with E-state index in [0.717, 1.165) is 16.9 Å². The van der Waals surface area contributed by atoms with Crippen LogP contribution in [-0.2, 0) is 18.3 Å². The minimum atomic E-state index is -0.0476. The molecule has 0 radical (unpaired) electrons. The molecular weight excluding hydrogens is 230 g/mol. The highest BCUT2D eigenvalue weighted by atomic mass is 16.6. The van der Waals surface area contributed by atoms with Gasteiger partial charge < -0.3 is 9.40 Å². The molecular formula is C13H17N3O2. The predicted octanol–water partition coefficient (Wildman–Crippen LogP) is 0.917. The highest BCUT2D eigenvalue weighted by molar-refractivity contribution is 5.42. The van der Waals surface area contributed by atoms with Gasteiger partial charge in [-0.2, -0.15) is 0 Å². The number of nitrogens with two attached hydrogens (primary N) is 1. The van der Waals surface area contributed by atoms with Gasteiger partial charge in [0.25, 0.3) is 0 Å². The second-order valence-electron chi connectivity index (χ2n) is 4.25. The second-order valence-corrected chi connectivity index (χ2v) is 4.25. The fourth-order valence-corrected chi connectivity index (χ4v) is 2.10. The number of benzene rings is 1. The SMILES string of the molecule is Cc1cn(C)c(=O)n1-c1ccccc1CCON. The maximum Gasteiger partial charge on any atom is 0.332 e. The monoisotopic (exact) mass is 247 g/mol. The Morgan fingerprint density at radius 2 is 2.06 bits per heavy atom. The summed E-state index contributed by atoms with van der Waals surface area (Å²) in [5, 5.41) is 0. The van der Waals surface area contributed by atoms with Crippen molar-refractivity contribution in [1.29, 1.82) is 0 Å². The van der Waals surface area contributed by atoms with Gasteiger partial charge in [-0.3, -0.25) is 4.57 Å². The summed E-state index contributed by atoms with van der Waals surface area (Å²) in [6.07, 6.45) is 2.49. The molecule has 0 aliphatic rings. The van der Waals surface area contributed by atoms with Crippen LogP contribution in [0.15, 0.2) is 35.3 Å². The van der Waals surface area contributed by atoms with E-state index in [1.807, 2.05) is 37.4 Å². The first kappa shape index (κ1) is 12.6. The number of aryl methyl sites for hydroxylation is 2. The van der Waals surface area contributed by atoms with Gasteiger partial charge in [0, 0.05) is 18.9 Å². The molecule has 0 aliphatic carbocycles. The number of nitrogens with zero attached hydrogens (tertiary/aromatic N) is 2. The van der Waals surface area contributed by atoms with Crippen molar-refractivity contribution in [3.05, 3.63) is 52.2 Å². The van der Waals surface area contributed by atoms with Crippen LogP contribution in [0, 0.1) is 6.92 Å². The Kier molecular flexibility index (Phi) is 3.64. The van der Waals surface area contributed by atoms with Crippen LogP contribution in [0.5, 0.6) is 0 Å². The predicted molar refractivity (Wildman–Crippen MR) is 69.6 cm³/mol. The molecule has 2 aromatic rings. The fourth-order valence-electron chi connectivity index (χ4n) is 2.10. The molecule has 2 rings (SSSR count). The molecule has 0 spiro atoms. The van der Waals surface area contributed by atoms with Crippen LogP contribution in [-0.4, -0.2) is 15.7 Å². The Morgan fingerprint density at radius 3 is 2.67 bits per heavy atom. The lowest BCUT2D eigenvalue weighted by Crippen LogP contribution is -2.22. The molecule has 0 aliphatic heterocycles. The van der Waals surface area contributed by atoms with Gasteiger partial charge in [-0.05, 0) is 25.0 Å². The molecule has 1 aromatic carbocycles. The van der Waals surface area contributed by atoms with Gasteiger partial charge in [0.1, 0.15) is 0 Å². The molecule has 1 heterocycles. The van der Waals surface area contributed by atoms with Gasteiger partial charge in [0.05, 0.1) is 12.3 Å². The summed E-state index contributed by atoms with van der Waals surface area (Å²) in [6.45, 7) is 2.34. The molecule has 2 N–H and O–H groups in total. The van der Waals surface area contributed by atoms with E-state index in [2.05, 4.69) is 4.84 Å². The zero-order chi connectivity index (χ0) is 13.1. The summed E-state index contributed by atoms with van der Waals surface area (Å²) in [4.78, 5) is 16.7. The smallest absolute Gasteiger partial charge is 0.304 e. The van der Waals surface area contributed by atoms with E-state index in [9.17, 15) is 4.79 Å². The molecule has 0 amide bonds. The fraction of sp³-hybridized carbons (Fsp3) is 0.308. The van der Waals surface area contributed by atoms with Gasteiger partial charge in [-0.25, -0.2) is 10.7 Å². The van der Waals surface area contributed by atoms with E-state index in [4.69, 9.17) is 5.90 Å². The zero-order valence-corrected chi connectivity index (χ0v) is 10.6. The molecule has 5 heteroatoms. The lowest BCUT2D eigenvalue weighted by atomic mass is 10.1. The molecule has 96 valence electrons. The number of hydrogen-bond donors (Lipinski definition) is 1. The van der Waals surface area contributed by atoms with Crippen LogP contribution in [0.1, 0.15) is 11.3 Å². The Labute approximate surface area is 105 Å². The zero-order valence-electron chi connectivity index (χ0n) is 10.6. The van der Waals surface area contributed by atoms with Crippen molar-refractivity contribution in [3.8, 4) is 5.69 Å². The summed E-state index contributed by atoms with van der Waals surface area (Å²) in [5.74, 6) is 5.06. The molecule has 5 nitrogen and oxygen atoms in total. The molecule has 0 saturated carbocycles. The molecule has 0 atom stereocenters. The number of aromatic nitrogens is 2. The lowest BCUT2D eigenvalue weighted by Gasteiger charge is -2.10. The van der Waals surface area contributed by atoms with Crippen LogP contribution in [0.25, 0.3) is 5.69 Å². The summed E-state index contributed by atoms with van der Waals surface area (Å²) in [5.41, 5.74) is 2.79. The molecule has 0 fully saturated rings. The number of hydrogen-bond acceptors (Lipinski definition) is 3. The van der Waals surface area contributed by atoms with Crippen LogP contribution in [0.3, 0.4) is 0 Å². The summed E-state index contributed by atoms with van der Waals surface area (Å²) >= 11 is 0. The van der Waals surface area contributed by atoms with Crippen molar-refractivity contribution in [2.24, 2.45) is 12.9 Å². The van der Waals surface area contributed by atoms with Crippen molar-refractivity contribution in [3.63, 3.8) is 0 Å². The average molecular weight is 247 g/mol. The van der Waals surface area contributed by atoms with Crippen molar-refractivity contribution >= 4 is 0 Å². The number of rotatable bonds is 4. The van der Waals surface area contributed by atoms with E-state index in [1.54, 1.807) is 16.2 Å². The van der Waals surface area contributed by atoms with Gasteiger partial charge in [-0.1, -0.05) is 18.2 Å². The normalized spacial score (nSPS) is 10.8. The lowest BCUT2D eigenvalue weighted by molar-refractivity contribution is 0.141. The summed E-state index contributed by atoms with van der Waals surface area (Å²) in [6, 6.07) is 7.77. The standard InChI is InChI=1S/C13H17N3O2/c1-10-9-15(2)13(17)16(10)12-6-4-3-5-11(12)7-8-18-14/h3-6,9H,7-8,14H2,1-2H3. The number of imidazole rings is 1. The topological polar surface area (TPSA) is 62.2 Å². The van der Waals surface area contributed by atoms with E-state index in [1.165, 1.54) is 0 Å². The van der Waals surface area contributed by atoms with Gasteiger partial charge >= 0.3 is 5.69 Å². The summed E-state index contributed by atoms with van der Waals surface area (Å²) in [7, 11) is 1.75. The van der Waals surface area contributed by atoms with Crippen LogP contribution in [0.4, 0.5) is 0 Å². The Bertz CT molecular complexity index is 599. The van der Waals surface area contributed by atoms with Crippen LogP contribution in [0.2, 0.25) is 0 Å². The van der Waals surface area contributed by atoms with E-state index in [0.29, 0.717) is 13.0 Å². The molecule has 18 heavy (non-hydrogen) atoms. The first-order chi connectivity index (χ1) is 8.65. The number of para-hydroxylation sites is 1. The minimum absolute atomic E-state index is 0.0476. The van der Waals surface area contributed by atoms with E-state index < -0.39 is 0 Å². The van der Waals surface area contributed by atoms with Crippen molar-refractivity contribution in [1.82, 2.24) is 9.13 Å². The molecule has 1 aromatic heterocycles. The second kappa shape index (κ2) is 5.20. The Balaban J connectivity index is 2.53. The van der Waals surface area contributed by atoms with Gasteiger partial charge in [0.15, 0.2) is 0 Å². The van der Waals surface area contributed by atoms with Gasteiger partial charge in [0.2, 0.25) is 0 Å². The van der Waals surface area contributed by atoms with Crippen LogP contribution >= 0.6 is 0 Å². The largest absolute Gasteiger partial charge is 0.332 e. The van der Waals surface area contributed by atoms with Gasteiger partial charge in [-0.15, -0.1) is 0 Å². The summed E-state index contributed by atoms with van der Waals surface area (Å²) < 4.78 is 3.28. The van der Waals surface area contributed by atoms with Crippen LogP contribution < -0.4 is 11.6 Å². The van der Waals surface area contributed by atoms with Crippen molar-refractivity contribution < 1.29 is 4.84 Å². The third-order valence-corrected chi connectivity index (χ3v) is 2.95. The Hall–Kier alpha value is -1.85. The van der Waals surface area contributed by atoms with E-state index >= 15 is 0 Å². The maximum absolute atomic E-state index is 12.1. The Morgan fingerprint density at radius 1 is 1.33 bits per heavy atom. The van der Waals surface area contributed by atoms with Crippen molar-refractivity contribution in [2.75, 3.05) is 6.61 Å². The third kappa shape index (κ3) is 2.23. The molecule has 0 unspecified atom stereocenters. The highest BCUT2D eigenvalue weighted by Gasteiger charge is 2.11. The first-order valence-corrected chi connectivity index (χ1v) is 5.80.